The van der Waals surface area contributed by atoms with Crippen molar-refractivity contribution < 1.29 is 13.2 Å². The van der Waals surface area contributed by atoms with Crippen LogP contribution in [0.25, 0.3) is 10.9 Å². The van der Waals surface area contributed by atoms with Crippen LogP contribution >= 0.6 is 11.6 Å². The van der Waals surface area contributed by atoms with Gasteiger partial charge in [-0.05, 0) is 43.5 Å². The molecule has 1 amide bonds. The number of nitrogens with zero attached hydrogens (tertiary/aromatic N) is 2. The Labute approximate surface area is 152 Å². The number of nitrogens with one attached hydrogen (secondary N) is 1. The molecule has 1 saturated heterocycles. The first-order valence-corrected chi connectivity index (χ1v) is 10.3. The van der Waals surface area contributed by atoms with E-state index < -0.39 is 10.0 Å². The highest BCUT2D eigenvalue weighted by atomic mass is 35.5. The minimum atomic E-state index is -3.29. The van der Waals surface area contributed by atoms with Crippen LogP contribution in [-0.4, -0.2) is 48.6 Å². The van der Waals surface area contributed by atoms with E-state index in [1.807, 2.05) is 30.7 Å². The first-order valence-electron chi connectivity index (χ1n) is 8.32. The number of hydrogen-bond acceptors (Lipinski definition) is 3. The maximum atomic E-state index is 12.6. The highest BCUT2D eigenvalue weighted by Crippen LogP contribution is 2.27. The molecule has 136 valence electrons. The number of aromatic nitrogens is 1. The van der Waals surface area contributed by atoms with Crippen molar-refractivity contribution in [2.75, 3.05) is 25.4 Å². The monoisotopic (exact) mass is 383 g/mol. The quantitative estimate of drug-likeness (QED) is 0.861. The molecule has 1 aromatic carbocycles. The van der Waals surface area contributed by atoms with E-state index in [0.717, 1.165) is 29.3 Å². The van der Waals surface area contributed by atoms with E-state index in [4.69, 9.17) is 11.6 Å². The summed E-state index contributed by atoms with van der Waals surface area (Å²) in [5.41, 5.74) is 2.27. The number of halogens is 1. The molecule has 8 heteroatoms. The normalized spacial score (nSPS) is 15.8. The standard InChI is InChI=1S/C17H22ClN3O3S/c1-12-14-11-13(18)5-6-15(14)20(2)16(12)17(22)19-7-10-25(23,24)21-8-3-4-9-21/h5-6,11H,3-4,7-10H2,1-2H3,(H,19,22). The Bertz CT molecular complexity index is 915. The average Bonchev–Trinajstić information content (AvgIpc) is 3.16. The van der Waals surface area contributed by atoms with Crippen molar-refractivity contribution in [1.82, 2.24) is 14.2 Å². The highest BCUT2D eigenvalue weighted by molar-refractivity contribution is 7.89. The fraction of sp³-hybridized carbons (Fsp3) is 0.471. The van der Waals surface area contributed by atoms with Crippen LogP contribution in [0.3, 0.4) is 0 Å². The lowest BCUT2D eigenvalue weighted by Crippen LogP contribution is -2.36. The second-order valence-electron chi connectivity index (χ2n) is 6.37. The summed E-state index contributed by atoms with van der Waals surface area (Å²) in [5.74, 6) is -0.350. The molecular formula is C17H22ClN3O3S. The Morgan fingerprint density at radius 1 is 1.28 bits per heavy atom. The van der Waals surface area contributed by atoms with Crippen molar-refractivity contribution in [2.24, 2.45) is 7.05 Å². The summed E-state index contributed by atoms with van der Waals surface area (Å²) >= 11 is 6.05. The zero-order valence-corrected chi connectivity index (χ0v) is 16.0. The number of rotatable bonds is 5. The zero-order valence-electron chi connectivity index (χ0n) is 14.4. The van der Waals surface area contributed by atoms with Gasteiger partial charge in [-0.25, -0.2) is 12.7 Å². The van der Waals surface area contributed by atoms with Crippen LogP contribution in [0.1, 0.15) is 28.9 Å². The van der Waals surface area contributed by atoms with Gasteiger partial charge in [0.05, 0.1) is 5.75 Å². The van der Waals surface area contributed by atoms with Crippen molar-refractivity contribution in [2.45, 2.75) is 19.8 Å². The molecule has 2 heterocycles. The molecule has 1 aromatic heterocycles. The van der Waals surface area contributed by atoms with Gasteiger partial charge in [0, 0.05) is 42.6 Å². The van der Waals surface area contributed by atoms with E-state index in [1.54, 1.807) is 6.07 Å². The van der Waals surface area contributed by atoms with E-state index >= 15 is 0 Å². The van der Waals surface area contributed by atoms with Crippen LogP contribution in [0, 0.1) is 6.92 Å². The summed E-state index contributed by atoms with van der Waals surface area (Å²) in [6, 6.07) is 5.49. The van der Waals surface area contributed by atoms with Gasteiger partial charge in [0.2, 0.25) is 10.0 Å². The van der Waals surface area contributed by atoms with Crippen LogP contribution in [0.4, 0.5) is 0 Å². The predicted octanol–water partition coefficient (Wildman–Crippen LogP) is 2.30. The molecule has 1 N–H and O–H groups in total. The largest absolute Gasteiger partial charge is 0.350 e. The Kier molecular flexibility index (Phi) is 5.09. The van der Waals surface area contributed by atoms with Gasteiger partial charge in [-0.2, -0.15) is 0 Å². The molecule has 0 unspecified atom stereocenters. The maximum Gasteiger partial charge on any atom is 0.268 e. The molecule has 0 radical (unpaired) electrons. The van der Waals surface area contributed by atoms with Gasteiger partial charge >= 0.3 is 0 Å². The molecule has 1 aliphatic heterocycles. The van der Waals surface area contributed by atoms with E-state index in [1.165, 1.54) is 4.31 Å². The number of benzene rings is 1. The fourth-order valence-electron chi connectivity index (χ4n) is 3.40. The zero-order chi connectivity index (χ0) is 18.2. The lowest BCUT2D eigenvalue weighted by molar-refractivity contribution is 0.0947. The number of carbonyl (C=O) groups is 1. The number of amides is 1. The summed E-state index contributed by atoms with van der Waals surface area (Å²) in [4.78, 5) is 12.6. The van der Waals surface area contributed by atoms with Crippen LogP contribution in [0.2, 0.25) is 5.02 Å². The van der Waals surface area contributed by atoms with Gasteiger partial charge in [-0.15, -0.1) is 0 Å². The van der Waals surface area contributed by atoms with Gasteiger partial charge in [0.1, 0.15) is 5.69 Å². The lowest BCUT2D eigenvalue weighted by atomic mass is 10.1. The number of hydrogen-bond donors (Lipinski definition) is 1. The molecule has 0 atom stereocenters. The Morgan fingerprint density at radius 3 is 2.64 bits per heavy atom. The SMILES string of the molecule is Cc1c(C(=O)NCCS(=O)(=O)N2CCCC2)n(C)c2ccc(Cl)cc12. The van der Waals surface area contributed by atoms with E-state index in [2.05, 4.69) is 5.32 Å². The minimum absolute atomic E-state index is 0.0758. The third-order valence-electron chi connectivity index (χ3n) is 4.73. The van der Waals surface area contributed by atoms with Crippen LogP contribution in [0.5, 0.6) is 0 Å². The molecular weight excluding hydrogens is 362 g/mol. The third kappa shape index (κ3) is 3.54. The molecule has 1 fully saturated rings. The maximum absolute atomic E-state index is 12.6. The minimum Gasteiger partial charge on any atom is -0.350 e. The van der Waals surface area contributed by atoms with Crippen molar-refractivity contribution >= 4 is 38.4 Å². The second-order valence-corrected chi connectivity index (χ2v) is 8.90. The molecule has 6 nitrogen and oxygen atoms in total. The van der Waals surface area contributed by atoms with E-state index in [-0.39, 0.29) is 18.2 Å². The predicted molar refractivity (Wildman–Crippen MR) is 99.6 cm³/mol. The van der Waals surface area contributed by atoms with Crippen molar-refractivity contribution in [3.8, 4) is 0 Å². The van der Waals surface area contributed by atoms with Gasteiger partial charge in [-0.1, -0.05) is 11.6 Å². The van der Waals surface area contributed by atoms with Crippen molar-refractivity contribution in [3.63, 3.8) is 0 Å². The summed E-state index contributed by atoms with van der Waals surface area (Å²) in [7, 11) is -1.48. The molecule has 3 rings (SSSR count). The smallest absolute Gasteiger partial charge is 0.268 e. The Balaban J connectivity index is 1.72. The molecule has 1 aliphatic rings. The van der Waals surface area contributed by atoms with Gasteiger partial charge in [0.15, 0.2) is 0 Å². The number of aryl methyl sites for hydroxylation is 2. The Morgan fingerprint density at radius 2 is 1.96 bits per heavy atom. The highest BCUT2D eigenvalue weighted by Gasteiger charge is 2.25. The number of fused-ring (bicyclic) bond motifs is 1. The van der Waals surface area contributed by atoms with Gasteiger partial charge in [0.25, 0.3) is 5.91 Å². The fourth-order valence-corrected chi connectivity index (χ4v) is 5.00. The molecule has 0 aliphatic carbocycles. The van der Waals surface area contributed by atoms with E-state index in [0.29, 0.717) is 23.8 Å². The summed E-state index contributed by atoms with van der Waals surface area (Å²) in [6.45, 7) is 3.13. The van der Waals surface area contributed by atoms with E-state index in [9.17, 15) is 13.2 Å². The second kappa shape index (κ2) is 6.97. The summed E-state index contributed by atoms with van der Waals surface area (Å²) in [5, 5.41) is 4.27. The van der Waals surface area contributed by atoms with Crippen molar-refractivity contribution in [3.05, 3.63) is 34.5 Å². The van der Waals surface area contributed by atoms with Gasteiger partial charge in [-0.3, -0.25) is 4.79 Å². The topological polar surface area (TPSA) is 71.4 Å². The first-order chi connectivity index (χ1) is 11.8. The number of carbonyl (C=O) groups excluding carboxylic acids is 1. The van der Waals surface area contributed by atoms with Crippen molar-refractivity contribution in [1.29, 1.82) is 0 Å². The third-order valence-corrected chi connectivity index (χ3v) is 6.84. The molecule has 0 saturated carbocycles. The molecule has 0 spiro atoms. The summed E-state index contributed by atoms with van der Waals surface area (Å²) in [6.07, 6.45) is 1.81. The number of sulfonamides is 1. The summed E-state index contributed by atoms with van der Waals surface area (Å²) < 4.78 is 27.7. The first kappa shape index (κ1) is 18.2. The van der Waals surface area contributed by atoms with Crippen LogP contribution in [-0.2, 0) is 17.1 Å². The lowest BCUT2D eigenvalue weighted by Gasteiger charge is -2.15. The molecule has 2 aromatic rings. The molecule has 0 bridgehead atoms. The molecule has 25 heavy (non-hydrogen) atoms. The van der Waals surface area contributed by atoms with Crippen LogP contribution in [0.15, 0.2) is 18.2 Å². The Hall–Kier alpha value is -1.57. The van der Waals surface area contributed by atoms with Gasteiger partial charge < -0.3 is 9.88 Å². The van der Waals surface area contributed by atoms with Crippen LogP contribution < -0.4 is 5.32 Å². The average molecular weight is 384 g/mol.